The van der Waals surface area contributed by atoms with Gasteiger partial charge in [-0.05, 0) is 19.1 Å². The highest BCUT2D eigenvalue weighted by atomic mass is 16.5. The maximum atomic E-state index is 11.7. The summed E-state index contributed by atoms with van der Waals surface area (Å²) < 4.78 is 6.52. The van der Waals surface area contributed by atoms with E-state index in [0.29, 0.717) is 12.6 Å². The monoisotopic (exact) mass is 261 g/mol. The number of aromatic nitrogens is 2. The molecular weight excluding hydrogens is 246 g/mol. The van der Waals surface area contributed by atoms with Gasteiger partial charge in [-0.2, -0.15) is 0 Å². The van der Waals surface area contributed by atoms with Gasteiger partial charge >= 0.3 is 5.97 Å². The number of hydrogen-bond donors (Lipinski definition) is 1. The summed E-state index contributed by atoms with van der Waals surface area (Å²) >= 11 is 0. The molecule has 0 aliphatic heterocycles. The van der Waals surface area contributed by atoms with Crippen LogP contribution in [-0.4, -0.2) is 27.9 Å². The molecule has 19 heavy (non-hydrogen) atoms. The van der Waals surface area contributed by atoms with E-state index in [4.69, 9.17) is 4.74 Å². The van der Waals surface area contributed by atoms with Gasteiger partial charge in [-0.3, -0.25) is 19.3 Å². The summed E-state index contributed by atoms with van der Waals surface area (Å²) in [6.07, 6.45) is 3.63. The third kappa shape index (κ3) is 3.31. The summed E-state index contributed by atoms with van der Waals surface area (Å²) in [5.41, 5.74) is 0.892. The fourth-order valence-corrected chi connectivity index (χ4v) is 1.67. The molecule has 0 aliphatic rings. The van der Waals surface area contributed by atoms with Crippen molar-refractivity contribution in [1.29, 1.82) is 0 Å². The second-order valence-corrected chi connectivity index (χ2v) is 3.93. The van der Waals surface area contributed by atoms with Crippen LogP contribution in [0.1, 0.15) is 19.8 Å². The Bertz CT molecular complexity index is 592. The zero-order valence-electron chi connectivity index (χ0n) is 10.6. The minimum atomic E-state index is -0.370. The molecule has 0 aliphatic carbocycles. The van der Waals surface area contributed by atoms with Gasteiger partial charge in [-0.1, -0.05) is 6.07 Å². The highest BCUT2D eigenvalue weighted by Crippen LogP contribution is 2.10. The minimum Gasteiger partial charge on any atom is -0.466 e. The normalized spacial score (nSPS) is 10.4. The first kappa shape index (κ1) is 13.1. The van der Waals surface area contributed by atoms with Gasteiger partial charge in [0.2, 0.25) is 11.9 Å². The number of fused-ring (bicyclic) bond motifs is 1. The maximum Gasteiger partial charge on any atom is 0.306 e. The summed E-state index contributed by atoms with van der Waals surface area (Å²) in [5.74, 6) is -0.181. The lowest BCUT2D eigenvalue weighted by atomic mass is 10.3. The van der Waals surface area contributed by atoms with Gasteiger partial charge < -0.3 is 4.74 Å². The lowest BCUT2D eigenvalue weighted by molar-refractivity contribution is -0.144. The number of ether oxygens (including phenoxy) is 1. The van der Waals surface area contributed by atoms with Crippen molar-refractivity contribution in [2.75, 3.05) is 11.9 Å². The Labute approximate surface area is 110 Å². The highest BCUT2D eigenvalue weighted by Gasteiger charge is 2.10. The van der Waals surface area contributed by atoms with E-state index in [2.05, 4.69) is 10.3 Å². The molecule has 1 N–H and O–H groups in total. The van der Waals surface area contributed by atoms with E-state index < -0.39 is 0 Å². The number of nitrogens with zero attached hydrogens (tertiary/aromatic N) is 2. The highest BCUT2D eigenvalue weighted by molar-refractivity contribution is 5.91. The smallest absolute Gasteiger partial charge is 0.306 e. The van der Waals surface area contributed by atoms with E-state index in [1.807, 2.05) is 24.4 Å². The van der Waals surface area contributed by atoms with Crippen LogP contribution in [0.5, 0.6) is 0 Å². The fourth-order valence-electron chi connectivity index (χ4n) is 1.67. The van der Waals surface area contributed by atoms with Gasteiger partial charge in [0, 0.05) is 12.6 Å². The molecule has 0 saturated heterocycles. The lowest BCUT2D eigenvalue weighted by Crippen LogP contribution is -2.16. The third-order valence-electron chi connectivity index (χ3n) is 2.55. The Morgan fingerprint density at radius 2 is 2.21 bits per heavy atom. The van der Waals surface area contributed by atoms with Crippen molar-refractivity contribution in [3.05, 3.63) is 30.6 Å². The van der Waals surface area contributed by atoms with Gasteiger partial charge in [0.05, 0.1) is 24.7 Å². The van der Waals surface area contributed by atoms with Gasteiger partial charge in [0.25, 0.3) is 0 Å². The van der Waals surface area contributed by atoms with Crippen LogP contribution in [-0.2, 0) is 14.3 Å². The zero-order valence-corrected chi connectivity index (χ0v) is 10.6. The Kier molecular flexibility index (Phi) is 4.12. The molecule has 0 aromatic carbocycles. The first-order valence-electron chi connectivity index (χ1n) is 6.08. The molecule has 0 bridgehead atoms. The number of pyridine rings is 1. The van der Waals surface area contributed by atoms with Crippen LogP contribution in [0.2, 0.25) is 0 Å². The summed E-state index contributed by atoms with van der Waals surface area (Å²) in [5, 5.41) is 2.67. The van der Waals surface area contributed by atoms with Crippen LogP contribution >= 0.6 is 0 Å². The van der Waals surface area contributed by atoms with Crippen molar-refractivity contribution in [2.24, 2.45) is 0 Å². The van der Waals surface area contributed by atoms with E-state index >= 15 is 0 Å². The molecule has 0 fully saturated rings. The number of imidazole rings is 1. The average molecular weight is 261 g/mol. The first-order valence-corrected chi connectivity index (χ1v) is 6.08. The van der Waals surface area contributed by atoms with E-state index in [1.54, 1.807) is 17.5 Å². The molecule has 0 saturated carbocycles. The minimum absolute atomic E-state index is 0.0724. The van der Waals surface area contributed by atoms with Crippen LogP contribution in [0, 0.1) is 0 Å². The zero-order chi connectivity index (χ0) is 13.7. The van der Waals surface area contributed by atoms with Crippen molar-refractivity contribution in [2.45, 2.75) is 19.8 Å². The van der Waals surface area contributed by atoms with Crippen LogP contribution in [0.25, 0.3) is 5.52 Å². The van der Waals surface area contributed by atoms with Gasteiger partial charge in [-0.15, -0.1) is 0 Å². The van der Waals surface area contributed by atoms with Crippen LogP contribution in [0.15, 0.2) is 30.6 Å². The number of anilines is 1. The van der Waals surface area contributed by atoms with Crippen molar-refractivity contribution in [3.8, 4) is 0 Å². The number of hydrogen-bond acceptors (Lipinski definition) is 4. The van der Waals surface area contributed by atoms with Crippen molar-refractivity contribution in [1.82, 2.24) is 9.38 Å². The molecule has 2 heterocycles. The predicted molar refractivity (Wildman–Crippen MR) is 69.7 cm³/mol. The quantitative estimate of drug-likeness (QED) is 0.830. The fraction of sp³-hybridized carbons (Fsp3) is 0.308. The van der Waals surface area contributed by atoms with Crippen LogP contribution < -0.4 is 5.32 Å². The lowest BCUT2D eigenvalue weighted by Gasteiger charge is -2.04. The standard InChI is InChI=1S/C13H15N3O3/c1-2-19-12(18)7-6-11(17)15-13-14-9-10-5-3-4-8-16(10)13/h3-5,8-9H,2,6-7H2,1H3,(H,14,15,17). The molecule has 1 amide bonds. The number of nitrogens with one attached hydrogen (secondary N) is 1. The van der Waals surface area contributed by atoms with Crippen molar-refractivity contribution in [3.63, 3.8) is 0 Å². The largest absolute Gasteiger partial charge is 0.466 e. The maximum absolute atomic E-state index is 11.7. The second-order valence-electron chi connectivity index (χ2n) is 3.93. The molecular formula is C13H15N3O3. The van der Waals surface area contributed by atoms with Crippen LogP contribution in [0.3, 0.4) is 0 Å². The predicted octanol–water partition coefficient (Wildman–Crippen LogP) is 1.62. The van der Waals surface area contributed by atoms with E-state index in [-0.39, 0.29) is 24.7 Å². The van der Waals surface area contributed by atoms with E-state index in [1.165, 1.54) is 0 Å². The molecule has 0 atom stereocenters. The molecule has 0 radical (unpaired) electrons. The molecule has 0 spiro atoms. The van der Waals surface area contributed by atoms with Gasteiger partial charge in [0.1, 0.15) is 0 Å². The summed E-state index contributed by atoms with van der Waals surface area (Å²) in [4.78, 5) is 26.9. The van der Waals surface area contributed by atoms with Crippen molar-refractivity contribution < 1.29 is 14.3 Å². The first-order chi connectivity index (χ1) is 9.20. The van der Waals surface area contributed by atoms with Gasteiger partial charge in [-0.25, -0.2) is 4.98 Å². The number of rotatable bonds is 5. The molecule has 2 aromatic rings. The molecule has 2 aromatic heterocycles. The topological polar surface area (TPSA) is 72.7 Å². The number of carbonyl (C=O) groups excluding carboxylic acids is 2. The number of carbonyl (C=O) groups is 2. The summed E-state index contributed by atoms with van der Waals surface area (Å²) in [7, 11) is 0. The summed E-state index contributed by atoms with van der Waals surface area (Å²) in [6, 6.07) is 5.63. The second kappa shape index (κ2) is 5.99. The molecule has 6 heteroatoms. The molecule has 6 nitrogen and oxygen atoms in total. The van der Waals surface area contributed by atoms with Gasteiger partial charge in [0.15, 0.2) is 0 Å². The Morgan fingerprint density at radius 3 is 3.00 bits per heavy atom. The number of amides is 1. The Hall–Kier alpha value is -2.37. The van der Waals surface area contributed by atoms with E-state index in [9.17, 15) is 9.59 Å². The average Bonchev–Trinajstić information content (AvgIpc) is 2.80. The Morgan fingerprint density at radius 1 is 1.37 bits per heavy atom. The molecule has 2 rings (SSSR count). The summed E-state index contributed by atoms with van der Waals surface area (Å²) in [6.45, 7) is 2.06. The number of esters is 1. The third-order valence-corrected chi connectivity index (χ3v) is 2.55. The van der Waals surface area contributed by atoms with Crippen LogP contribution in [0.4, 0.5) is 5.95 Å². The SMILES string of the molecule is CCOC(=O)CCC(=O)Nc1ncc2ccccn12. The molecule has 0 unspecified atom stereocenters. The van der Waals surface area contributed by atoms with E-state index in [0.717, 1.165) is 5.52 Å². The van der Waals surface area contributed by atoms with Crippen molar-refractivity contribution >= 4 is 23.3 Å². The molecule has 100 valence electrons. The Balaban J connectivity index is 1.94.